The SMILES string of the molecule is CCCN1CCN(C(=O)c2cc(Cl)ccc2NCC)CC1. The molecule has 0 radical (unpaired) electrons. The van der Waals surface area contributed by atoms with Gasteiger partial charge in [-0.15, -0.1) is 0 Å². The highest BCUT2D eigenvalue weighted by Crippen LogP contribution is 2.23. The standard InChI is InChI=1S/C16H24ClN3O/c1-3-7-19-8-10-20(11-9-19)16(21)14-12-13(17)5-6-15(14)18-4-2/h5-6,12,18H,3-4,7-11H2,1-2H3. The first-order valence-electron chi connectivity index (χ1n) is 7.70. The van der Waals surface area contributed by atoms with Crippen LogP contribution in [0.2, 0.25) is 5.02 Å². The number of nitrogens with zero attached hydrogens (tertiary/aromatic N) is 2. The summed E-state index contributed by atoms with van der Waals surface area (Å²) in [6, 6.07) is 5.46. The third kappa shape index (κ3) is 4.11. The van der Waals surface area contributed by atoms with Crippen molar-refractivity contribution in [1.29, 1.82) is 0 Å². The topological polar surface area (TPSA) is 35.6 Å². The van der Waals surface area contributed by atoms with Gasteiger partial charge in [0.15, 0.2) is 0 Å². The fourth-order valence-electron chi connectivity index (χ4n) is 2.70. The van der Waals surface area contributed by atoms with Crippen molar-refractivity contribution in [1.82, 2.24) is 9.80 Å². The van der Waals surface area contributed by atoms with Crippen LogP contribution in [0.25, 0.3) is 0 Å². The van der Waals surface area contributed by atoms with Gasteiger partial charge in [0.1, 0.15) is 0 Å². The smallest absolute Gasteiger partial charge is 0.256 e. The van der Waals surface area contributed by atoms with Crippen molar-refractivity contribution in [2.75, 3.05) is 44.6 Å². The van der Waals surface area contributed by atoms with Crippen LogP contribution in [0, 0.1) is 0 Å². The van der Waals surface area contributed by atoms with Crippen LogP contribution >= 0.6 is 11.6 Å². The molecule has 1 amide bonds. The minimum absolute atomic E-state index is 0.0737. The Bertz CT molecular complexity index is 484. The molecule has 5 heteroatoms. The normalized spacial score (nSPS) is 16.0. The molecule has 0 unspecified atom stereocenters. The second-order valence-electron chi connectivity index (χ2n) is 5.35. The van der Waals surface area contributed by atoms with E-state index in [0.29, 0.717) is 10.6 Å². The summed E-state index contributed by atoms with van der Waals surface area (Å²) in [7, 11) is 0. The highest BCUT2D eigenvalue weighted by atomic mass is 35.5. The van der Waals surface area contributed by atoms with E-state index in [2.05, 4.69) is 17.1 Å². The van der Waals surface area contributed by atoms with Gasteiger partial charge in [-0.25, -0.2) is 0 Å². The number of amides is 1. The molecule has 21 heavy (non-hydrogen) atoms. The van der Waals surface area contributed by atoms with Gasteiger partial charge in [-0.05, 0) is 38.1 Å². The van der Waals surface area contributed by atoms with Crippen molar-refractivity contribution >= 4 is 23.2 Å². The third-order valence-electron chi connectivity index (χ3n) is 3.78. The Morgan fingerprint density at radius 1 is 1.24 bits per heavy atom. The molecule has 0 spiro atoms. The summed E-state index contributed by atoms with van der Waals surface area (Å²) in [5.41, 5.74) is 1.54. The first-order valence-corrected chi connectivity index (χ1v) is 8.08. The van der Waals surface area contributed by atoms with Gasteiger partial charge in [-0.2, -0.15) is 0 Å². The van der Waals surface area contributed by atoms with Crippen LogP contribution in [0.5, 0.6) is 0 Å². The third-order valence-corrected chi connectivity index (χ3v) is 4.01. The molecule has 1 aromatic carbocycles. The van der Waals surface area contributed by atoms with Crippen molar-refractivity contribution in [2.24, 2.45) is 0 Å². The number of rotatable bonds is 5. The summed E-state index contributed by atoms with van der Waals surface area (Å²) >= 11 is 6.06. The number of halogens is 1. The Balaban J connectivity index is 2.08. The Morgan fingerprint density at radius 3 is 2.57 bits per heavy atom. The number of carbonyl (C=O) groups excluding carboxylic acids is 1. The minimum atomic E-state index is 0.0737. The Labute approximate surface area is 132 Å². The lowest BCUT2D eigenvalue weighted by molar-refractivity contribution is 0.0638. The van der Waals surface area contributed by atoms with E-state index in [4.69, 9.17) is 11.6 Å². The molecule has 4 nitrogen and oxygen atoms in total. The summed E-state index contributed by atoms with van der Waals surface area (Å²) < 4.78 is 0. The van der Waals surface area contributed by atoms with Crippen molar-refractivity contribution in [3.8, 4) is 0 Å². The van der Waals surface area contributed by atoms with Crippen LogP contribution in [0.3, 0.4) is 0 Å². The number of benzene rings is 1. The van der Waals surface area contributed by atoms with Gasteiger partial charge in [0.2, 0.25) is 0 Å². The molecule has 1 heterocycles. The van der Waals surface area contributed by atoms with E-state index >= 15 is 0 Å². The summed E-state index contributed by atoms with van der Waals surface area (Å²) in [6.07, 6.45) is 1.16. The van der Waals surface area contributed by atoms with Crippen molar-refractivity contribution in [3.05, 3.63) is 28.8 Å². The second-order valence-corrected chi connectivity index (χ2v) is 5.79. The molecule has 1 N–H and O–H groups in total. The van der Waals surface area contributed by atoms with Gasteiger partial charge in [-0.3, -0.25) is 9.69 Å². The Hall–Kier alpha value is -1.26. The van der Waals surface area contributed by atoms with E-state index in [1.807, 2.05) is 24.0 Å². The molecule has 1 fully saturated rings. The molecular weight excluding hydrogens is 286 g/mol. The van der Waals surface area contributed by atoms with Crippen molar-refractivity contribution < 1.29 is 4.79 Å². The highest BCUT2D eigenvalue weighted by Gasteiger charge is 2.23. The van der Waals surface area contributed by atoms with E-state index in [9.17, 15) is 4.79 Å². The molecule has 2 rings (SSSR count). The molecule has 1 aliphatic heterocycles. The molecule has 0 atom stereocenters. The fourth-order valence-corrected chi connectivity index (χ4v) is 2.87. The highest BCUT2D eigenvalue weighted by molar-refractivity contribution is 6.31. The largest absolute Gasteiger partial charge is 0.385 e. The Kier molecular flexibility index (Phi) is 5.88. The van der Waals surface area contributed by atoms with E-state index in [0.717, 1.165) is 51.4 Å². The lowest BCUT2D eigenvalue weighted by Gasteiger charge is -2.35. The lowest BCUT2D eigenvalue weighted by atomic mass is 10.1. The summed E-state index contributed by atoms with van der Waals surface area (Å²) in [4.78, 5) is 17.1. The number of hydrogen-bond donors (Lipinski definition) is 1. The molecule has 0 bridgehead atoms. The van der Waals surface area contributed by atoms with E-state index < -0.39 is 0 Å². The Morgan fingerprint density at radius 2 is 1.95 bits per heavy atom. The molecule has 1 saturated heterocycles. The van der Waals surface area contributed by atoms with Gasteiger partial charge in [-0.1, -0.05) is 18.5 Å². The predicted octanol–water partition coefficient (Wildman–Crippen LogP) is 2.94. The summed E-state index contributed by atoms with van der Waals surface area (Å²) in [6.45, 7) is 9.59. The maximum atomic E-state index is 12.7. The maximum absolute atomic E-state index is 12.7. The van der Waals surface area contributed by atoms with Crippen LogP contribution < -0.4 is 5.32 Å². The average molecular weight is 310 g/mol. The molecular formula is C16H24ClN3O. The zero-order valence-electron chi connectivity index (χ0n) is 12.9. The molecule has 116 valence electrons. The fraction of sp³-hybridized carbons (Fsp3) is 0.562. The van der Waals surface area contributed by atoms with Gasteiger partial charge in [0, 0.05) is 43.4 Å². The second kappa shape index (κ2) is 7.66. The van der Waals surface area contributed by atoms with Gasteiger partial charge >= 0.3 is 0 Å². The molecule has 0 aliphatic carbocycles. The van der Waals surface area contributed by atoms with E-state index in [1.165, 1.54) is 0 Å². The van der Waals surface area contributed by atoms with Crippen LogP contribution in [-0.2, 0) is 0 Å². The van der Waals surface area contributed by atoms with Gasteiger partial charge in [0.25, 0.3) is 5.91 Å². The molecule has 0 aromatic heterocycles. The zero-order valence-corrected chi connectivity index (χ0v) is 13.6. The van der Waals surface area contributed by atoms with Gasteiger partial charge in [0.05, 0.1) is 5.56 Å². The lowest BCUT2D eigenvalue weighted by Crippen LogP contribution is -2.48. The first kappa shape index (κ1) is 16.1. The van der Waals surface area contributed by atoms with Crippen molar-refractivity contribution in [2.45, 2.75) is 20.3 Å². The molecule has 1 aromatic rings. The van der Waals surface area contributed by atoms with Crippen LogP contribution in [0.4, 0.5) is 5.69 Å². The first-order chi connectivity index (χ1) is 10.2. The van der Waals surface area contributed by atoms with E-state index in [1.54, 1.807) is 6.07 Å². The van der Waals surface area contributed by atoms with Crippen molar-refractivity contribution in [3.63, 3.8) is 0 Å². The predicted molar refractivity (Wildman–Crippen MR) is 88.3 cm³/mol. The number of carbonyl (C=O) groups is 1. The minimum Gasteiger partial charge on any atom is -0.385 e. The maximum Gasteiger partial charge on any atom is 0.256 e. The van der Waals surface area contributed by atoms with Crippen LogP contribution in [0.1, 0.15) is 30.6 Å². The number of nitrogens with one attached hydrogen (secondary N) is 1. The van der Waals surface area contributed by atoms with Gasteiger partial charge < -0.3 is 10.2 Å². The van der Waals surface area contributed by atoms with Crippen LogP contribution in [0.15, 0.2) is 18.2 Å². The van der Waals surface area contributed by atoms with Crippen LogP contribution in [-0.4, -0.2) is 55.0 Å². The molecule has 0 saturated carbocycles. The monoisotopic (exact) mass is 309 g/mol. The number of anilines is 1. The quantitative estimate of drug-likeness (QED) is 0.908. The summed E-state index contributed by atoms with van der Waals surface area (Å²) in [5, 5.41) is 3.84. The zero-order chi connectivity index (χ0) is 15.2. The molecule has 1 aliphatic rings. The number of piperazine rings is 1. The number of hydrogen-bond acceptors (Lipinski definition) is 3. The van der Waals surface area contributed by atoms with E-state index in [-0.39, 0.29) is 5.91 Å². The average Bonchev–Trinajstić information content (AvgIpc) is 2.50. The summed E-state index contributed by atoms with van der Waals surface area (Å²) in [5.74, 6) is 0.0737.